The highest BCUT2D eigenvalue weighted by Crippen LogP contribution is 2.14. The first-order valence-electron chi connectivity index (χ1n) is 11.2. The lowest BCUT2D eigenvalue weighted by Crippen LogP contribution is -2.20. The molecule has 0 aromatic rings. The van der Waals surface area contributed by atoms with E-state index in [9.17, 15) is 0 Å². The molecule has 2 atom stereocenters. The molecule has 2 unspecified atom stereocenters. The van der Waals surface area contributed by atoms with Crippen LogP contribution in [0.1, 0.15) is 129 Å². The van der Waals surface area contributed by atoms with Crippen LogP contribution in [0.25, 0.3) is 0 Å². The van der Waals surface area contributed by atoms with Gasteiger partial charge >= 0.3 is 0 Å². The van der Waals surface area contributed by atoms with Crippen molar-refractivity contribution in [3.63, 3.8) is 0 Å². The highest BCUT2D eigenvalue weighted by atomic mass is 14.6. The summed E-state index contributed by atoms with van der Waals surface area (Å²) in [5, 5.41) is 0. The molecule has 0 rings (SSSR count). The first kappa shape index (κ1) is 23.9. The summed E-state index contributed by atoms with van der Waals surface area (Å²) in [5.41, 5.74) is 12.4. The molecule has 24 heavy (non-hydrogen) atoms. The highest BCUT2D eigenvalue weighted by Gasteiger charge is 2.04. The summed E-state index contributed by atoms with van der Waals surface area (Å²) in [6.45, 7) is 4.54. The van der Waals surface area contributed by atoms with Crippen LogP contribution in [-0.4, -0.2) is 12.1 Å². The number of hydrogen-bond donors (Lipinski definition) is 2. The fourth-order valence-corrected chi connectivity index (χ4v) is 3.48. The standard InChI is InChI=1S/C22H48N2/c1-3-5-7-9-13-17-21(23)19-15-11-12-16-20-22(24)18-14-10-8-6-4-2/h21-22H,3-20,23-24H2,1-2H3. The van der Waals surface area contributed by atoms with E-state index >= 15 is 0 Å². The lowest BCUT2D eigenvalue weighted by atomic mass is 9.99. The molecule has 0 aromatic carbocycles. The zero-order chi connectivity index (χ0) is 17.9. The van der Waals surface area contributed by atoms with Crippen LogP contribution in [0.2, 0.25) is 0 Å². The molecule has 4 N–H and O–H groups in total. The van der Waals surface area contributed by atoms with Crippen LogP contribution >= 0.6 is 0 Å². The Kier molecular flexibility index (Phi) is 19.2. The molecule has 0 aromatic heterocycles. The Morgan fingerprint density at radius 3 is 0.917 bits per heavy atom. The molecule has 0 heterocycles. The van der Waals surface area contributed by atoms with Crippen molar-refractivity contribution in [1.29, 1.82) is 0 Å². The smallest absolute Gasteiger partial charge is 0.00388 e. The van der Waals surface area contributed by atoms with Crippen LogP contribution in [0.5, 0.6) is 0 Å². The van der Waals surface area contributed by atoms with Gasteiger partial charge in [0.15, 0.2) is 0 Å². The summed E-state index contributed by atoms with van der Waals surface area (Å²) in [5.74, 6) is 0. The predicted octanol–water partition coefficient (Wildman–Crippen LogP) is 6.70. The molecule has 0 bridgehead atoms. The quantitative estimate of drug-likeness (QED) is 0.257. The molecule has 2 heteroatoms. The van der Waals surface area contributed by atoms with Crippen molar-refractivity contribution in [3.05, 3.63) is 0 Å². The van der Waals surface area contributed by atoms with E-state index in [1.165, 1.54) is 116 Å². The molecule has 0 saturated heterocycles. The van der Waals surface area contributed by atoms with Crippen LogP contribution in [0.3, 0.4) is 0 Å². The normalized spacial score (nSPS) is 14.0. The van der Waals surface area contributed by atoms with E-state index < -0.39 is 0 Å². The summed E-state index contributed by atoms with van der Waals surface area (Å²) >= 11 is 0. The van der Waals surface area contributed by atoms with Crippen molar-refractivity contribution in [2.24, 2.45) is 11.5 Å². The Morgan fingerprint density at radius 1 is 0.417 bits per heavy atom. The van der Waals surface area contributed by atoms with Gasteiger partial charge in [0.05, 0.1) is 0 Å². The zero-order valence-electron chi connectivity index (χ0n) is 17.0. The molecule has 0 aliphatic heterocycles. The molecule has 0 aliphatic carbocycles. The van der Waals surface area contributed by atoms with E-state index in [1.807, 2.05) is 0 Å². The number of rotatable bonds is 19. The Hall–Kier alpha value is -0.0800. The van der Waals surface area contributed by atoms with Gasteiger partial charge in [0, 0.05) is 12.1 Å². The number of hydrogen-bond acceptors (Lipinski definition) is 2. The minimum Gasteiger partial charge on any atom is -0.328 e. The first-order valence-corrected chi connectivity index (χ1v) is 11.2. The van der Waals surface area contributed by atoms with Gasteiger partial charge in [0.1, 0.15) is 0 Å². The fraction of sp³-hybridized carbons (Fsp3) is 1.00. The summed E-state index contributed by atoms with van der Waals surface area (Å²) in [6.07, 6.45) is 23.8. The Bertz CT molecular complexity index is 206. The van der Waals surface area contributed by atoms with Gasteiger partial charge in [0.2, 0.25) is 0 Å². The van der Waals surface area contributed by atoms with Crippen molar-refractivity contribution in [2.45, 2.75) is 142 Å². The molecule has 0 aliphatic rings. The van der Waals surface area contributed by atoms with E-state index in [0.29, 0.717) is 12.1 Å². The lowest BCUT2D eigenvalue weighted by molar-refractivity contribution is 0.466. The lowest BCUT2D eigenvalue weighted by Gasteiger charge is -2.12. The number of nitrogens with two attached hydrogens (primary N) is 2. The molecule has 0 amide bonds. The van der Waals surface area contributed by atoms with Gasteiger partial charge in [0.25, 0.3) is 0 Å². The van der Waals surface area contributed by atoms with Crippen molar-refractivity contribution in [2.75, 3.05) is 0 Å². The molecular formula is C22H48N2. The van der Waals surface area contributed by atoms with Crippen molar-refractivity contribution in [1.82, 2.24) is 0 Å². The minimum absolute atomic E-state index is 0.442. The molecule has 0 saturated carbocycles. The van der Waals surface area contributed by atoms with Crippen LogP contribution in [-0.2, 0) is 0 Å². The minimum atomic E-state index is 0.442. The van der Waals surface area contributed by atoms with Crippen molar-refractivity contribution in [3.8, 4) is 0 Å². The number of unbranched alkanes of at least 4 members (excludes halogenated alkanes) is 11. The van der Waals surface area contributed by atoms with Crippen LogP contribution in [0.4, 0.5) is 0 Å². The van der Waals surface area contributed by atoms with Gasteiger partial charge in [-0.05, 0) is 25.7 Å². The predicted molar refractivity (Wildman–Crippen MR) is 110 cm³/mol. The fourth-order valence-electron chi connectivity index (χ4n) is 3.48. The monoisotopic (exact) mass is 340 g/mol. The maximum Gasteiger partial charge on any atom is 0.00388 e. The second-order valence-corrected chi connectivity index (χ2v) is 7.92. The van der Waals surface area contributed by atoms with Crippen LogP contribution in [0.15, 0.2) is 0 Å². The van der Waals surface area contributed by atoms with Gasteiger partial charge < -0.3 is 11.5 Å². The van der Waals surface area contributed by atoms with Crippen LogP contribution in [0, 0.1) is 0 Å². The average molecular weight is 341 g/mol. The summed E-state index contributed by atoms with van der Waals surface area (Å²) in [4.78, 5) is 0. The molecule has 0 spiro atoms. The van der Waals surface area contributed by atoms with Gasteiger partial charge in [-0.15, -0.1) is 0 Å². The molecular weight excluding hydrogens is 292 g/mol. The maximum absolute atomic E-state index is 6.22. The second kappa shape index (κ2) is 19.2. The summed E-state index contributed by atoms with van der Waals surface area (Å²) < 4.78 is 0. The van der Waals surface area contributed by atoms with E-state index in [4.69, 9.17) is 11.5 Å². The highest BCUT2D eigenvalue weighted by molar-refractivity contribution is 4.64. The van der Waals surface area contributed by atoms with Gasteiger partial charge in [-0.25, -0.2) is 0 Å². The Morgan fingerprint density at radius 2 is 0.667 bits per heavy atom. The third-order valence-corrected chi connectivity index (χ3v) is 5.26. The van der Waals surface area contributed by atoms with Gasteiger partial charge in [-0.3, -0.25) is 0 Å². The molecule has 146 valence electrons. The molecule has 2 nitrogen and oxygen atoms in total. The average Bonchev–Trinajstić information content (AvgIpc) is 2.57. The first-order chi connectivity index (χ1) is 11.7. The third-order valence-electron chi connectivity index (χ3n) is 5.26. The second-order valence-electron chi connectivity index (χ2n) is 7.92. The third kappa shape index (κ3) is 18.3. The largest absolute Gasteiger partial charge is 0.328 e. The van der Waals surface area contributed by atoms with Crippen LogP contribution < -0.4 is 11.5 Å². The Labute approximate surface area is 153 Å². The SMILES string of the molecule is CCCCCCCC(N)CCCCCCC(N)CCCCCCC. The zero-order valence-corrected chi connectivity index (χ0v) is 17.0. The van der Waals surface area contributed by atoms with E-state index in [1.54, 1.807) is 0 Å². The van der Waals surface area contributed by atoms with E-state index in [-0.39, 0.29) is 0 Å². The van der Waals surface area contributed by atoms with Gasteiger partial charge in [-0.1, -0.05) is 104 Å². The molecule has 0 radical (unpaired) electrons. The Balaban J connectivity index is 3.25. The summed E-state index contributed by atoms with van der Waals surface area (Å²) in [6, 6.07) is 0.883. The van der Waals surface area contributed by atoms with E-state index in [2.05, 4.69) is 13.8 Å². The topological polar surface area (TPSA) is 52.0 Å². The van der Waals surface area contributed by atoms with Crippen molar-refractivity contribution < 1.29 is 0 Å². The van der Waals surface area contributed by atoms with Crippen molar-refractivity contribution >= 4 is 0 Å². The maximum atomic E-state index is 6.22. The van der Waals surface area contributed by atoms with E-state index in [0.717, 1.165) is 0 Å². The summed E-state index contributed by atoms with van der Waals surface area (Å²) in [7, 11) is 0. The van der Waals surface area contributed by atoms with Gasteiger partial charge in [-0.2, -0.15) is 0 Å². The molecule has 0 fully saturated rings.